The summed E-state index contributed by atoms with van der Waals surface area (Å²) in [5.74, 6) is 6.26. The summed E-state index contributed by atoms with van der Waals surface area (Å²) in [5, 5.41) is 9.55. The van der Waals surface area contributed by atoms with E-state index in [4.69, 9.17) is 10.2 Å². The van der Waals surface area contributed by atoms with E-state index in [1.165, 1.54) is 12.1 Å². The molecule has 1 aliphatic rings. The minimum absolute atomic E-state index is 0.0883. The van der Waals surface area contributed by atoms with E-state index in [2.05, 4.69) is 16.8 Å². The molecule has 1 amide bonds. The molecule has 0 bridgehead atoms. The molecule has 2 atom stereocenters. The van der Waals surface area contributed by atoms with Crippen LogP contribution in [0.15, 0.2) is 47.0 Å². The van der Waals surface area contributed by atoms with Gasteiger partial charge in [-0.3, -0.25) is 4.79 Å². The van der Waals surface area contributed by atoms with Gasteiger partial charge in [0.25, 0.3) is 5.91 Å². The Labute approximate surface area is 198 Å². The number of nitrogens with two attached hydrogens (primary N) is 1. The topological polar surface area (TPSA) is 96.2 Å². The third-order valence-corrected chi connectivity index (χ3v) is 5.79. The van der Waals surface area contributed by atoms with E-state index in [1.54, 1.807) is 42.3 Å². The SMILES string of the molecule is CCC#CC1CCCN1C(=O)c1cc(-c2ncc(C(C)N)o2)cc(-c2cccc(F)c2C#N)c1. The van der Waals surface area contributed by atoms with Crippen molar-refractivity contribution in [1.29, 1.82) is 5.26 Å². The Morgan fingerprint density at radius 3 is 2.85 bits per heavy atom. The van der Waals surface area contributed by atoms with Gasteiger partial charge in [-0.05, 0) is 49.6 Å². The maximum Gasteiger partial charge on any atom is 0.254 e. The number of halogens is 1. The number of benzene rings is 2. The van der Waals surface area contributed by atoms with Gasteiger partial charge in [0.1, 0.15) is 17.6 Å². The van der Waals surface area contributed by atoms with Crippen LogP contribution in [0.25, 0.3) is 22.6 Å². The molecular formula is C27H25FN4O2. The fraction of sp³-hybridized carbons (Fsp3) is 0.296. The lowest BCUT2D eigenvalue weighted by molar-refractivity contribution is 0.0766. The summed E-state index contributed by atoms with van der Waals surface area (Å²) in [6.07, 6.45) is 3.97. The van der Waals surface area contributed by atoms with Crippen molar-refractivity contribution >= 4 is 5.91 Å². The number of amides is 1. The van der Waals surface area contributed by atoms with Gasteiger partial charge in [-0.1, -0.05) is 25.0 Å². The first kappa shape index (κ1) is 23.2. The Balaban J connectivity index is 1.85. The first-order chi connectivity index (χ1) is 16.4. The molecule has 4 rings (SSSR count). The van der Waals surface area contributed by atoms with E-state index in [9.17, 15) is 14.4 Å². The van der Waals surface area contributed by atoms with Crippen LogP contribution in [0.4, 0.5) is 4.39 Å². The molecule has 2 unspecified atom stereocenters. The summed E-state index contributed by atoms with van der Waals surface area (Å²) < 4.78 is 20.2. The minimum Gasteiger partial charge on any atom is -0.440 e. The quantitative estimate of drug-likeness (QED) is 0.554. The van der Waals surface area contributed by atoms with E-state index in [0.717, 1.165) is 19.3 Å². The molecule has 0 radical (unpaired) electrons. The van der Waals surface area contributed by atoms with Crippen molar-refractivity contribution in [2.45, 2.75) is 45.2 Å². The Morgan fingerprint density at radius 2 is 2.15 bits per heavy atom. The van der Waals surface area contributed by atoms with Gasteiger partial charge < -0.3 is 15.1 Å². The number of carbonyl (C=O) groups is 1. The monoisotopic (exact) mass is 456 g/mol. The number of carbonyl (C=O) groups excluding carboxylic acids is 1. The van der Waals surface area contributed by atoms with Crippen LogP contribution in [0.3, 0.4) is 0 Å². The van der Waals surface area contributed by atoms with Crippen molar-refractivity contribution < 1.29 is 13.6 Å². The first-order valence-electron chi connectivity index (χ1n) is 11.3. The Bertz CT molecular complexity index is 1330. The predicted molar refractivity (Wildman–Crippen MR) is 127 cm³/mol. The van der Waals surface area contributed by atoms with Crippen molar-refractivity contribution in [2.24, 2.45) is 5.73 Å². The maximum absolute atomic E-state index is 14.4. The summed E-state index contributed by atoms with van der Waals surface area (Å²) in [5.41, 5.74) is 7.67. The molecule has 1 aliphatic heterocycles. The van der Waals surface area contributed by atoms with Crippen LogP contribution in [0.1, 0.15) is 60.8 Å². The number of nitrogens with zero attached hydrogens (tertiary/aromatic N) is 3. The molecule has 3 aromatic rings. The molecule has 0 aliphatic carbocycles. The lowest BCUT2D eigenvalue weighted by atomic mass is 9.95. The van der Waals surface area contributed by atoms with E-state index >= 15 is 0 Å². The molecule has 34 heavy (non-hydrogen) atoms. The zero-order chi connectivity index (χ0) is 24.2. The van der Waals surface area contributed by atoms with Crippen LogP contribution < -0.4 is 5.73 Å². The van der Waals surface area contributed by atoms with E-state index in [1.807, 2.05) is 13.0 Å². The van der Waals surface area contributed by atoms with Gasteiger partial charge in [0.05, 0.1) is 23.8 Å². The van der Waals surface area contributed by atoms with Crippen LogP contribution in [0, 0.1) is 29.0 Å². The van der Waals surface area contributed by atoms with Crippen LogP contribution in [0.5, 0.6) is 0 Å². The number of aromatic nitrogens is 1. The fourth-order valence-electron chi connectivity index (χ4n) is 4.08. The van der Waals surface area contributed by atoms with Crippen molar-refractivity contribution in [3.05, 3.63) is 65.3 Å². The smallest absolute Gasteiger partial charge is 0.254 e. The van der Waals surface area contributed by atoms with Crippen molar-refractivity contribution in [2.75, 3.05) is 6.54 Å². The third-order valence-electron chi connectivity index (χ3n) is 5.79. The van der Waals surface area contributed by atoms with Gasteiger partial charge in [-0.15, -0.1) is 5.92 Å². The summed E-state index contributed by atoms with van der Waals surface area (Å²) in [6.45, 7) is 4.37. The molecule has 1 saturated heterocycles. The molecule has 2 heterocycles. The van der Waals surface area contributed by atoms with Crippen LogP contribution in [-0.4, -0.2) is 28.4 Å². The van der Waals surface area contributed by atoms with E-state index in [-0.39, 0.29) is 23.6 Å². The highest BCUT2D eigenvalue weighted by atomic mass is 19.1. The number of nitriles is 1. The molecule has 172 valence electrons. The zero-order valence-corrected chi connectivity index (χ0v) is 19.1. The van der Waals surface area contributed by atoms with Crippen molar-refractivity contribution in [3.8, 4) is 40.5 Å². The van der Waals surface area contributed by atoms with Crippen molar-refractivity contribution in [3.63, 3.8) is 0 Å². The largest absolute Gasteiger partial charge is 0.440 e. The maximum atomic E-state index is 14.4. The molecule has 1 aromatic heterocycles. The molecule has 2 aromatic carbocycles. The van der Waals surface area contributed by atoms with Crippen LogP contribution in [0.2, 0.25) is 0 Å². The standard InChI is InChI=1S/C27H25FN4O2/c1-3-4-7-21-8-6-11-32(21)27(33)20-13-18(22-9-5-10-24(28)23(22)15-29)12-19(14-20)26-31-16-25(34-26)17(2)30/h5,9-10,12-14,16-17,21H,3,6,8,11,30H2,1-2H3. The van der Waals surface area contributed by atoms with Gasteiger partial charge in [0, 0.05) is 29.7 Å². The highest BCUT2D eigenvalue weighted by Crippen LogP contribution is 2.33. The number of hydrogen-bond donors (Lipinski definition) is 1. The first-order valence-corrected chi connectivity index (χ1v) is 11.3. The normalized spacial score (nSPS) is 16.0. The van der Waals surface area contributed by atoms with Gasteiger partial charge >= 0.3 is 0 Å². The minimum atomic E-state index is -0.622. The second kappa shape index (κ2) is 9.91. The summed E-state index contributed by atoms with van der Waals surface area (Å²) >= 11 is 0. The van der Waals surface area contributed by atoms with Crippen LogP contribution >= 0.6 is 0 Å². The number of likely N-dealkylation sites (tertiary alicyclic amines) is 1. The molecule has 6 nitrogen and oxygen atoms in total. The average molecular weight is 457 g/mol. The molecular weight excluding hydrogens is 431 g/mol. The third kappa shape index (κ3) is 4.57. The highest BCUT2D eigenvalue weighted by Gasteiger charge is 2.29. The van der Waals surface area contributed by atoms with E-state index in [0.29, 0.717) is 40.4 Å². The van der Waals surface area contributed by atoms with Gasteiger partial charge in [-0.25, -0.2) is 9.37 Å². The molecule has 0 spiro atoms. The fourth-order valence-corrected chi connectivity index (χ4v) is 4.08. The van der Waals surface area contributed by atoms with Gasteiger partial charge in [0.2, 0.25) is 5.89 Å². The summed E-state index contributed by atoms with van der Waals surface area (Å²) in [4.78, 5) is 19.7. The Kier molecular flexibility index (Phi) is 6.77. The summed E-state index contributed by atoms with van der Waals surface area (Å²) in [6, 6.07) is 11.0. The number of rotatable bonds is 4. The molecule has 0 saturated carbocycles. The van der Waals surface area contributed by atoms with Gasteiger partial charge in [-0.2, -0.15) is 5.26 Å². The van der Waals surface area contributed by atoms with Crippen molar-refractivity contribution in [1.82, 2.24) is 9.88 Å². The predicted octanol–water partition coefficient (Wildman–Crippen LogP) is 5.06. The second-order valence-electron chi connectivity index (χ2n) is 8.26. The Morgan fingerprint density at radius 1 is 1.35 bits per heavy atom. The molecule has 7 heteroatoms. The Hall–Kier alpha value is -3.94. The summed E-state index contributed by atoms with van der Waals surface area (Å²) in [7, 11) is 0. The second-order valence-corrected chi connectivity index (χ2v) is 8.26. The lowest BCUT2D eigenvalue weighted by Gasteiger charge is -2.21. The average Bonchev–Trinajstić information content (AvgIpc) is 3.52. The van der Waals surface area contributed by atoms with Gasteiger partial charge in [0.15, 0.2) is 0 Å². The highest BCUT2D eigenvalue weighted by molar-refractivity contribution is 5.97. The van der Waals surface area contributed by atoms with Crippen LogP contribution in [-0.2, 0) is 0 Å². The zero-order valence-electron chi connectivity index (χ0n) is 19.1. The van der Waals surface area contributed by atoms with E-state index < -0.39 is 5.82 Å². The number of oxazole rings is 1. The lowest BCUT2D eigenvalue weighted by Crippen LogP contribution is -2.34. The molecule has 1 fully saturated rings. The number of hydrogen-bond acceptors (Lipinski definition) is 5. The molecule has 2 N–H and O–H groups in total.